The van der Waals surface area contributed by atoms with Gasteiger partial charge >= 0.3 is 6.18 Å². The molecule has 1 fully saturated rings. The summed E-state index contributed by atoms with van der Waals surface area (Å²) in [6.45, 7) is 0.507. The Bertz CT molecular complexity index is 731. The number of aryl methyl sites for hydroxylation is 1. The Labute approximate surface area is 142 Å². The number of carbonyl (C=O) groups is 1. The highest BCUT2D eigenvalue weighted by Crippen LogP contribution is 2.36. The molecule has 134 valence electrons. The fourth-order valence-corrected chi connectivity index (χ4v) is 3.11. The third-order valence-corrected chi connectivity index (χ3v) is 4.31. The first-order valence-electron chi connectivity index (χ1n) is 7.96. The summed E-state index contributed by atoms with van der Waals surface area (Å²) in [7, 11) is 0. The summed E-state index contributed by atoms with van der Waals surface area (Å²) in [5.74, 6) is -0.213. The number of carbonyl (C=O) groups excluding carboxylic acids is 1. The molecule has 1 amide bonds. The van der Waals surface area contributed by atoms with E-state index in [0.717, 1.165) is 12.1 Å². The van der Waals surface area contributed by atoms with Gasteiger partial charge < -0.3 is 10.0 Å². The number of hydrogen-bond donors (Lipinski definition) is 1. The van der Waals surface area contributed by atoms with Gasteiger partial charge in [-0.25, -0.2) is 0 Å². The number of rotatable bonds is 4. The monoisotopic (exact) mass is 353 g/mol. The number of nitrogens with zero attached hydrogens (tertiary/aromatic N) is 3. The van der Waals surface area contributed by atoms with Gasteiger partial charge in [0, 0.05) is 31.9 Å². The maximum Gasteiger partial charge on any atom is 0.416 e. The van der Waals surface area contributed by atoms with Gasteiger partial charge in [-0.05, 0) is 30.2 Å². The lowest BCUT2D eigenvalue weighted by Gasteiger charge is -2.25. The van der Waals surface area contributed by atoms with E-state index < -0.39 is 23.9 Å². The lowest BCUT2D eigenvalue weighted by molar-refractivity contribution is -0.137. The lowest BCUT2D eigenvalue weighted by atomic mass is 10.0. The van der Waals surface area contributed by atoms with Crippen molar-refractivity contribution in [3.63, 3.8) is 0 Å². The number of β-amino-alcohol motifs (C(OH)–C–C–N with tert-alkyl or cyclic N) is 1. The normalized spacial score (nSPS) is 20.9. The molecule has 2 atom stereocenters. The van der Waals surface area contributed by atoms with Crippen LogP contribution in [0.25, 0.3) is 0 Å². The summed E-state index contributed by atoms with van der Waals surface area (Å²) in [6.07, 6.45) is -1.44. The Morgan fingerprint density at radius 2 is 2.12 bits per heavy atom. The van der Waals surface area contributed by atoms with Gasteiger partial charge in [0.1, 0.15) is 0 Å². The van der Waals surface area contributed by atoms with Crippen LogP contribution in [0.3, 0.4) is 0 Å². The Kier molecular flexibility index (Phi) is 4.80. The van der Waals surface area contributed by atoms with Gasteiger partial charge in [0.05, 0.1) is 17.7 Å². The van der Waals surface area contributed by atoms with E-state index >= 15 is 0 Å². The van der Waals surface area contributed by atoms with Gasteiger partial charge in [0.15, 0.2) is 0 Å². The predicted molar refractivity (Wildman–Crippen MR) is 83.4 cm³/mol. The molecule has 0 radical (unpaired) electrons. The molecule has 1 aromatic carbocycles. The average molecular weight is 353 g/mol. The van der Waals surface area contributed by atoms with Crippen LogP contribution in [-0.2, 0) is 17.5 Å². The number of aliphatic hydroxyl groups is 1. The molecule has 1 N–H and O–H groups in total. The van der Waals surface area contributed by atoms with Crippen LogP contribution in [-0.4, -0.2) is 38.3 Å². The van der Waals surface area contributed by atoms with Crippen LogP contribution >= 0.6 is 0 Å². The molecule has 0 aliphatic carbocycles. The van der Waals surface area contributed by atoms with Crippen LogP contribution in [0, 0.1) is 0 Å². The Morgan fingerprint density at radius 3 is 2.80 bits per heavy atom. The average Bonchev–Trinajstić information content (AvgIpc) is 3.21. The van der Waals surface area contributed by atoms with E-state index in [1.165, 1.54) is 11.0 Å². The zero-order valence-electron chi connectivity index (χ0n) is 13.4. The highest BCUT2D eigenvalue weighted by atomic mass is 19.4. The van der Waals surface area contributed by atoms with Crippen LogP contribution in [0.2, 0.25) is 0 Å². The fraction of sp³-hybridized carbons (Fsp3) is 0.412. The minimum Gasteiger partial charge on any atom is -0.391 e. The second-order valence-corrected chi connectivity index (χ2v) is 6.09. The molecule has 1 aliphatic heterocycles. The number of aliphatic hydroxyl groups excluding tert-OH is 1. The SMILES string of the molecule is O=C(CCn1cccn1)N1C[C@H](O)C[C@@H]1c1cccc(C(F)(F)F)c1. The largest absolute Gasteiger partial charge is 0.416 e. The van der Waals surface area contributed by atoms with E-state index in [0.29, 0.717) is 12.1 Å². The maximum absolute atomic E-state index is 12.9. The number of aromatic nitrogens is 2. The molecule has 0 bridgehead atoms. The van der Waals surface area contributed by atoms with Gasteiger partial charge in [-0.1, -0.05) is 12.1 Å². The number of likely N-dealkylation sites (tertiary alicyclic amines) is 1. The quantitative estimate of drug-likeness (QED) is 0.919. The van der Waals surface area contributed by atoms with Crippen LogP contribution in [0.1, 0.15) is 30.0 Å². The van der Waals surface area contributed by atoms with Gasteiger partial charge in [-0.15, -0.1) is 0 Å². The number of hydrogen-bond acceptors (Lipinski definition) is 3. The fourth-order valence-electron chi connectivity index (χ4n) is 3.11. The van der Waals surface area contributed by atoms with E-state index in [9.17, 15) is 23.1 Å². The summed E-state index contributed by atoms with van der Waals surface area (Å²) in [5.41, 5.74) is -0.367. The molecule has 25 heavy (non-hydrogen) atoms. The highest BCUT2D eigenvalue weighted by molar-refractivity contribution is 5.77. The number of amides is 1. The summed E-state index contributed by atoms with van der Waals surface area (Å²) in [6, 6.07) is 6.13. The van der Waals surface area contributed by atoms with Crippen molar-refractivity contribution in [3.05, 3.63) is 53.9 Å². The minimum atomic E-state index is -4.44. The smallest absolute Gasteiger partial charge is 0.391 e. The van der Waals surface area contributed by atoms with Crippen LogP contribution in [0.5, 0.6) is 0 Å². The maximum atomic E-state index is 12.9. The van der Waals surface area contributed by atoms with Crippen molar-refractivity contribution < 1.29 is 23.1 Å². The number of benzene rings is 1. The molecular weight excluding hydrogens is 335 g/mol. The molecule has 0 saturated carbocycles. The first-order chi connectivity index (χ1) is 11.8. The molecule has 2 aromatic rings. The van der Waals surface area contributed by atoms with Crippen molar-refractivity contribution in [1.29, 1.82) is 0 Å². The molecule has 3 rings (SSSR count). The van der Waals surface area contributed by atoms with E-state index in [-0.39, 0.29) is 25.3 Å². The van der Waals surface area contributed by atoms with Crippen LogP contribution in [0.4, 0.5) is 13.2 Å². The second-order valence-electron chi connectivity index (χ2n) is 6.09. The molecule has 8 heteroatoms. The first kappa shape index (κ1) is 17.5. The number of alkyl halides is 3. The van der Waals surface area contributed by atoms with Gasteiger partial charge in [0.2, 0.25) is 5.91 Å². The van der Waals surface area contributed by atoms with Crippen molar-refractivity contribution in [2.75, 3.05) is 6.54 Å². The summed E-state index contributed by atoms with van der Waals surface area (Å²) >= 11 is 0. The highest BCUT2D eigenvalue weighted by Gasteiger charge is 2.37. The first-order valence-corrected chi connectivity index (χ1v) is 7.96. The minimum absolute atomic E-state index is 0.124. The molecule has 1 aliphatic rings. The van der Waals surface area contributed by atoms with Crippen molar-refractivity contribution in [2.24, 2.45) is 0 Å². The molecular formula is C17H18F3N3O2. The summed E-state index contributed by atoms with van der Waals surface area (Å²) in [4.78, 5) is 14.0. The van der Waals surface area contributed by atoms with E-state index in [2.05, 4.69) is 5.10 Å². The van der Waals surface area contributed by atoms with E-state index in [1.54, 1.807) is 29.2 Å². The van der Waals surface area contributed by atoms with Crippen molar-refractivity contribution in [3.8, 4) is 0 Å². The number of halogens is 3. The molecule has 5 nitrogen and oxygen atoms in total. The molecule has 1 saturated heterocycles. The molecule has 2 heterocycles. The lowest BCUT2D eigenvalue weighted by Crippen LogP contribution is -2.32. The molecule has 0 unspecified atom stereocenters. The van der Waals surface area contributed by atoms with E-state index in [1.807, 2.05) is 0 Å². The second kappa shape index (κ2) is 6.87. The third-order valence-electron chi connectivity index (χ3n) is 4.31. The van der Waals surface area contributed by atoms with Gasteiger partial charge in [0.25, 0.3) is 0 Å². The van der Waals surface area contributed by atoms with Gasteiger partial charge in [-0.3, -0.25) is 9.48 Å². The van der Waals surface area contributed by atoms with E-state index in [4.69, 9.17) is 0 Å². The van der Waals surface area contributed by atoms with Crippen LogP contribution < -0.4 is 0 Å². The van der Waals surface area contributed by atoms with Crippen LogP contribution in [0.15, 0.2) is 42.7 Å². The van der Waals surface area contributed by atoms with Crippen molar-refractivity contribution in [2.45, 2.75) is 37.7 Å². The molecule has 1 aromatic heterocycles. The topological polar surface area (TPSA) is 58.4 Å². The van der Waals surface area contributed by atoms with Gasteiger partial charge in [-0.2, -0.15) is 18.3 Å². The Morgan fingerprint density at radius 1 is 1.32 bits per heavy atom. The zero-order chi connectivity index (χ0) is 18.0. The van der Waals surface area contributed by atoms with Crippen molar-refractivity contribution in [1.82, 2.24) is 14.7 Å². The predicted octanol–water partition coefficient (Wildman–Crippen LogP) is 2.63. The zero-order valence-corrected chi connectivity index (χ0v) is 13.4. The summed E-state index contributed by atoms with van der Waals surface area (Å²) < 4.78 is 40.4. The third kappa shape index (κ3) is 4.01. The standard InChI is InChI=1S/C17H18F3N3O2/c18-17(19,20)13-4-1-3-12(9-13)15-10-14(24)11-23(15)16(25)5-8-22-7-2-6-21-22/h1-4,6-7,9,14-15,24H,5,8,10-11H2/t14-,15-/m1/s1. The van der Waals surface area contributed by atoms with Crippen molar-refractivity contribution >= 4 is 5.91 Å². The Hall–Kier alpha value is -2.35. The molecule has 0 spiro atoms. The Balaban J connectivity index is 1.76. The summed E-state index contributed by atoms with van der Waals surface area (Å²) in [5, 5.41) is 13.9.